The molecule has 152 valence electrons. The number of hydrogen-bond donors (Lipinski definition) is 0. The summed E-state index contributed by atoms with van der Waals surface area (Å²) < 4.78 is 10.9. The fourth-order valence-electron chi connectivity index (χ4n) is 4.23. The van der Waals surface area contributed by atoms with Gasteiger partial charge in [0.15, 0.2) is 0 Å². The zero-order chi connectivity index (χ0) is 21.1. The molecule has 0 radical (unpaired) electrons. The van der Waals surface area contributed by atoms with Gasteiger partial charge in [-0.25, -0.2) is 0 Å². The van der Waals surface area contributed by atoms with E-state index in [2.05, 4.69) is 71.0 Å². The molecule has 0 fully saturated rings. The molecule has 2 aromatic carbocycles. The molecular formula is C26H31NO2. The van der Waals surface area contributed by atoms with Gasteiger partial charge in [-0.3, -0.25) is 4.98 Å². The maximum Gasteiger partial charge on any atom is 0.121 e. The molecule has 0 aliphatic carbocycles. The summed E-state index contributed by atoms with van der Waals surface area (Å²) in [5, 5.41) is 0. The van der Waals surface area contributed by atoms with Gasteiger partial charge in [0.05, 0.1) is 14.2 Å². The number of hydrogen-bond acceptors (Lipinski definition) is 3. The van der Waals surface area contributed by atoms with Crippen LogP contribution in [-0.4, -0.2) is 19.2 Å². The number of methoxy groups -OCH3 is 2. The standard InChI is InChI=1S/C26H31NO2/c1-8-21-25(19-10-12-23(28-6)16(3)14-19)18(5)27-22(9-2)26(21)20-11-13-24(29-7)17(4)15-20/h10-15H,8-9H2,1-7H3. The lowest BCUT2D eigenvalue weighted by atomic mass is 9.87. The zero-order valence-electron chi connectivity index (χ0n) is 18.6. The van der Waals surface area contributed by atoms with Gasteiger partial charge in [-0.05, 0) is 85.7 Å². The average molecular weight is 390 g/mol. The zero-order valence-corrected chi connectivity index (χ0v) is 18.6. The maximum atomic E-state index is 5.47. The van der Waals surface area contributed by atoms with Crippen molar-refractivity contribution in [1.29, 1.82) is 0 Å². The van der Waals surface area contributed by atoms with Crippen molar-refractivity contribution in [2.24, 2.45) is 0 Å². The second-order valence-electron chi connectivity index (χ2n) is 7.45. The predicted molar refractivity (Wildman–Crippen MR) is 121 cm³/mol. The first-order valence-corrected chi connectivity index (χ1v) is 10.3. The van der Waals surface area contributed by atoms with E-state index in [1.807, 2.05) is 0 Å². The van der Waals surface area contributed by atoms with Crippen molar-refractivity contribution in [3.05, 3.63) is 64.5 Å². The average Bonchev–Trinajstić information content (AvgIpc) is 2.72. The van der Waals surface area contributed by atoms with Crippen molar-refractivity contribution in [1.82, 2.24) is 4.98 Å². The van der Waals surface area contributed by atoms with E-state index in [0.717, 1.165) is 46.9 Å². The normalized spacial score (nSPS) is 10.9. The lowest BCUT2D eigenvalue weighted by Crippen LogP contribution is -2.05. The number of benzene rings is 2. The third-order valence-electron chi connectivity index (χ3n) is 5.61. The summed E-state index contributed by atoms with van der Waals surface area (Å²) in [6.45, 7) is 10.7. The van der Waals surface area contributed by atoms with Crippen molar-refractivity contribution < 1.29 is 9.47 Å². The Balaban J connectivity index is 2.30. The van der Waals surface area contributed by atoms with Crippen molar-refractivity contribution in [3.63, 3.8) is 0 Å². The van der Waals surface area contributed by atoms with Gasteiger partial charge in [0.1, 0.15) is 11.5 Å². The number of rotatable bonds is 6. The Hall–Kier alpha value is -2.81. The van der Waals surface area contributed by atoms with Gasteiger partial charge >= 0.3 is 0 Å². The number of nitrogens with zero attached hydrogens (tertiary/aromatic N) is 1. The van der Waals surface area contributed by atoms with Gasteiger partial charge in [0.2, 0.25) is 0 Å². The van der Waals surface area contributed by atoms with E-state index in [-0.39, 0.29) is 0 Å². The van der Waals surface area contributed by atoms with Crippen molar-refractivity contribution in [2.75, 3.05) is 14.2 Å². The van der Waals surface area contributed by atoms with Crippen LogP contribution in [0.5, 0.6) is 11.5 Å². The fourth-order valence-corrected chi connectivity index (χ4v) is 4.23. The molecule has 0 bridgehead atoms. The van der Waals surface area contributed by atoms with E-state index in [0.29, 0.717) is 0 Å². The minimum absolute atomic E-state index is 0.899. The van der Waals surface area contributed by atoms with Crippen LogP contribution in [0, 0.1) is 20.8 Å². The van der Waals surface area contributed by atoms with Gasteiger partial charge in [0.25, 0.3) is 0 Å². The highest BCUT2D eigenvalue weighted by Gasteiger charge is 2.19. The monoisotopic (exact) mass is 389 g/mol. The molecule has 0 aliphatic rings. The Bertz CT molecular complexity index is 1040. The summed E-state index contributed by atoms with van der Waals surface area (Å²) >= 11 is 0. The van der Waals surface area contributed by atoms with Gasteiger partial charge in [0, 0.05) is 22.5 Å². The molecule has 0 spiro atoms. The Morgan fingerprint density at radius 1 is 0.724 bits per heavy atom. The molecule has 3 aromatic rings. The fraction of sp³-hybridized carbons (Fsp3) is 0.346. The Morgan fingerprint density at radius 2 is 1.24 bits per heavy atom. The molecule has 0 saturated heterocycles. The topological polar surface area (TPSA) is 31.4 Å². The molecule has 0 amide bonds. The highest BCUT2D eigenvalue weighted by molar-refractivity contribution is 5.82. The number of aryl methyl sites for hydroxylation is 4. The molecule has 3 rings (SSSR count). The molecule has 1 heterocycles. The van der Waals surface area contributed by atoms with Crippen molar-refractivity contribution in [3.8, 4) is 33.8 Å². The Kier molecular flexibility index (Phi) is 6.26. The first kappa shape index (κ1) is 20.9. The molecular weight excluding hydrogens is 358 g/mol. The van der Waals surface area contributed by atoms with Crippen LogP contribution in [-0.2, 0) is 12.8 Å². The van der Waals surface area contributed by atoms with Crippen molar-refractivity contribution >= 4 is 0 Å². The highest BCUT2D eigenvalue weighted by atomic mass is 16.5. The summed E-state index contributed by atoms with van der Waals surface area (Å²) in [6.07, 6.45) is 1.84. The van der Waals surface area contributed by atoms with E-state index < -0.39 is 0 Å². The van der Waals surface area contributed by atoms with Crippen LogP contribution in [0.15, 0.2) is 36.4 Å². The molecule has 1 aromatic heterocycles. The smallest absolute Gasteiger partial charge is 0.121 e. The Labute approximate surface area is 174 Å². The molecule has 0 aliphatic heterocycles. The van der Waals surface area contributed by atoms with Gasteiger partial charge < -0.3 is 9.47 Å². The molecule has 0 unspecified atom stereocenters. The van der Waals surface area contributed by atoms with E-state index in [4.69, 9.17) is 14.5 Å². The second kappa shape index (κ2) is 8.69. The molecule has 3 nitrogen and oxygen atoms in total. The van der Waals surface area contributed by atoms with Crippen molar-refractivity contribution in [2.45, 2.75) is 47.5 Å². The quantitative estimate of drug-likeness (QED) is 0.483. The predicted octanol–water partition coefficient (Wildman–Crippen LogP) is 6.48. The van der Waals surface area contributed by atoms with Crippen LogP contribution in [0.4, 0.5) is 0 Å². The third kappa shape index (κ3) is 3.87. The van der Waals surface area contributed by atoms with E-state index >= 15 is 0 Å². The summed E-state index contributed by atoms with van der Waals surface area (Å²) in [6, 6.07) is 12.8. The summed E-state index contributed by atoms with van der Waals surface area (Å²) in [5.41, 5.74) is 10.7. The van der Waals surface area contributed by atoms with Crippen LogP contribution in [0.25, 0.3) is 22.3 Å². The van der Waals surface area contributed by atoms with Crippen LogP contribution in [0.2, 0.25) is 0 Å². The molecule has 0 N–H and O–H groups in total. The SMILES string of the molecule is CCc1nc(C)c(-c2ccc(OC)c(C)c2)c(CC)c1-c1ccc(OC)c(C)c1. The highest BCUT2D eigenvalue weighted by Crippen LogP contribution is 2.39. The Morgan fingerprint density at radius 3 is 1.66 bits per heavy atom. The first-order chi connectivity index (χ1) is 13.9. The van der Waals surface area contributed by atoms with Crippen LogP contribution in [0.3, 0.4) is 0 Å². The number of pyridine rings is 1. The van der Waals surface area contributed by atoms with Crippen LogP contribution >= 0.6 is 0 Å². The lowest BCUT2D eigenvalue weighted by molar-refractivity contribution is 0.411. The minimum atomic E-state index is 0.899. The van der Waals surface area contributed by atoms with E-state index in [9.17, 15) is 0 Å². The van der Waals surface area contributed by atoms with Crippen LogP contribution < -0.4 is 9.47 Å². The molecule has 29 heavy (non-hydrogen) atoms. The van der Waals surface area contributed by atoms with Crippen LogP contribution in [0.1, 0.15) is 41.9 Å². The lowest BCUT2D eigenvalue weighted by Gasteiger charge is -2.21. The second-order valence-corrected chi connectivity index (χ2v) is 7.45. The summed E-state index contributed by atoms with van der Waals surface area (Å²) in [7, 11) is 3.43. The van der Waals surface area contributed by atoms with E-state index in [1.165, 1.54) is 27.8 Å². The van der Waals surface area contributed by atoms with Gasteiger partial charge in [-0.2, -0.15) is 0 Å². The number of ether oxygens (including phenoxy) is 2. The van der Waals surface area contributed by atoms with E-state index in [1.54, 1.807) is 14.2 Å². The third-order valence-corrected chi connectivity index (χ3v) is 5.61. The molecule has 0 atom stereocenters. The summed E-state index contributed by atoms with van der Waals surface area (Å²) in [5.74, 6) is 1.82. The first-order valence-electron chi connectivity index (χ1n) is 10.3. The minimum Gasteiger partial charge on any atom is -0.496 e. The molecule has 3 heteroatoms. The largest absolute Gasteiger partial charge is 0.496 e. The maximum absolute atomic E-state index is 5.47. The van der Waals surface area contributed by atoms with Gasteiger partial charge in [-0.15, -0.1) is 0 Å². The number of aromatic nitrogens is 1. The molecule has 0 saturated carbocycles. The summed E-state index contributed by atoms with van der Waals surface area (Å²) in [4.78, 5) is 5.03. The van der Waals surface area contributed by atoms with Gasteiger partial charge in [-0.1, -0.05) is 26.0 Å².